The summed E-state index contributed by atoms with van der Waals surface area (Å²) < 4.78 is 0. The van der Waals surface area contributed by atoms with E-state index >= 15 is 0 Å². The fraction of sp³-hybridized carbons (Fsp3) is 0.889. The van der Waals surface area contributed by atoms with E-state index in [1.807, 2.05) is 0 Å². The molecule has 4 atom stereocenters. The third-order valence-electron chi connectivity index (χ3n) is 5.59. The van der Waals surface area contributed by atoms with Gasteiger partial charge in [-0.2, -0.15) is 0 Å². The molecular weight excluding hydrogens is 216 g/mol. The maximum absolute atomic E-state index is 4.25. The van der Waals surface area contributed by atoms with Crippen LogP contribution in [0.3, 0.4) is 0 Å². The van der Waals surface area contributed by atoms with Crippen LogP contribution in [0.4, 0.5) is 0 Å². The zero-order valence-electron chi connectivity index (χ0n) is 13.3. The molecule has 0 amide bonds. The average molecular weight is 248 g/mol. The van der Waals surface area contributed by atoms with Gasteiger partial charge in [0.15, 0.2) is 0 Å². The zero-order chi connectivity index (χ0) is 13.7. The topological polar surface area (TPSA) is 0 Å². The summed E-state index contributed by atoms with van der Waals surface area (Å²) in [4.78, 5) is 0. The van der Waals surface area contributed by atoms with E-state index in [4.69, 9.17) is 0 Å². The Kier molecular flexibility index (Phi) is 3.45. The standard InChI is InChI=1S/C18H32/c1-12-8-13-10-15(17(2,3)4)16(18(5,6)7)11-14(13)9-12/h13-16H,1,8-11H2,2-7H3. The van der Waals surface area contributed by atoms with Gasteiger partial charge < -0.3 is 0 Å². The molecule has 0 heterocycles. The van der Waals surface area contributed by atoms with Crippen molar-refractivity contribution in [1.82, 2.24) is 0 Å². The van der Waals surface area contributed by atoms with E-state index < -0.39 is 0 Å². The Bertz CT molecular complexity index is 291. The fourth-order valence-corrected chi connectivity index (χ4v) is 4.60. The zero-order valence-corrected chi connectivity index (χ0v) is 13.3. The molecule has 0 heteroatoms. The first-order valence-corrected chi connectivity index (χ1v) is 7.75. The summed E-state index contributed by atoms with van der Waals surface area (Å²) in [6.07, 6.45) is 5.51. The molecule has 0 saturated heterocycles. The van der Waals surface area contributed by atoms with E-state index in [9.17, 15) is 0 Å². The lowest BCUT2D eigenvalue weighted by Crippen LogP contribution is -2.42. The molecule has 0 N–H and O–H groups in total. The highest BCUT2D eigenvalue weighted by Gasteiger charge is 2.47. The Morgan fingerprint density at radius 3 is 1.39 bits per heavy atom. The van der Waals surface area contributed by atoms with E-state index in [2.05, 4.69) is 48.1 Å². The fourth-order valence-electron chi connectivity index (χ4n) is 4.60. The van der Waals surface area contributed by atoms with Gasteiger partial charge in [0.1, 0.15) is 0 Å². The minimum atomic E-state index is 0.451. The van der Waals surface area contributed by atoms with Crippen LogP contribution in [0.15, 0.2) is 12.2 Å². The predicted octanol–water partition coefficient (Wildman–Crippen LogP) is 5.69. The second-order valence-corrected chi connectivity index (χ2v) is 9.09. The number of hydrogen-bond acceptors (Lipinski definition) is 0. The summed E-state index contributed by atoms with van der Waals surface area (Å²) in [6.45, 7) is 18.9. The van der Waals surface area contributed by atoms with Gasteiger partial charge in [0, 0.05) is 0 Å². The third-order valence-corrected chi connectivity index (χ3v) is 5.59. The summed E-state index contributed by atoms with van der Waals surface area (Å²) in [5, 5.41) is 0. The summed E-state index contributed by atoms with van der Waals surface area (Å²) >= 11 is 0. The van der Waals surface area contributed by atoms with Crippen LogP contribution < -0.4 is 0 Å². The van der Waals surface area contributed by atoms with Gasteiger partial charge in [-0.1, -0.05) is 53.7 Å². The molecule has 0 aliphatic heterocycles. The molecule has 2 aliphatic rings. The number of fused-ring (bicyclic) bond motifs is 1. The Labute approximate surface area is 114 Å². The maximum atomic E-state index is 4.25. The summed E-state index contributed by atoms with van der Waals surface area (Å²) in [6, 6.07) is 0. The summed E-state index contributed by atoms with van der Waals surface area (Å²) in [5.41, 5.74) is 2.42. The molecule has 2 rings (SSSR count). The minimum Gasteiger partial charge on any atom is -0.0998 e. The second-order valence-electron chi connectivity index (χ2n) is 9.09. The summed E-state index contributed by atoms with van der Waals surface area (Å²) in [5.74, 6) is 3.65. The normalized spacial score (nSPS) is 37.8. The van der Waals surface area contributed by atoms with Gasteiger partial charge in [-0.3, -0.25) is 0 Å². The highest BCUT2D eigenvalue weighted by molar-refractivity contribution is 5.09. The van der Waals surface area contributed by atoms with Crippen molar-refractivity contribution in [1.29, 1.82) is 0 Å². The molecular formula is C18H32. The molecule has 104 valence electrons. The van der Waals surface area contributed by atoms with Gasteiger partial charge >= 0.3 is 0 Å². The molecule has 0 aromatic carbocycles. The van der Waals surface area contributed by atoms with Crippen LogP contribution >= 0.6 is 0 Å². The van der Waals surface area contributed by atoms with Crippen LogP contribution in [0, 0.1) is 34.5 Å². The lowest BCUT2D eigenvalue weighted by Gasteiger charge is -2.50. The van der Waals surface area contributed by atoms with E-state index in [0.29, 0.717) is 10.8 Å². The highest BCUT2D eigenvalue weighted by atomic mass is 14.5. The van der Waals surface area contributed by atoms with Crippen molar-refractivity contribution in [3.8, 4) is 0 Å². The third kappa shape index (κ3) is 2.68. The first-order valence-electron chi connectivity index (χ1n) is 7.75. The predicted molar refractivity (Wildman–Crippen MR) is 80.5 cm³/mol. The van der Waals surface area contributed by atoms with E-state index in [1.54, 1.807) is 0 Å². The molecule has 2 aliphatic carbocycles. The van der Waals surface area contributed by atoms with Crippen molar-refractivity contribution < 1.29 is 0 Å². The Morgan fingerprint density at radius 2 is 1.11 bits per heavy atom. The van der Waals surface area contributed by atoms with Crippen molar-refractivity contribution in [2.45, 2.75) is 67.2 Å². The van der Waals surface area contributed by atoms with Crippen LogP contribution in [-0.2, 0) is 0 Å². The van der Waals surface area contributed by atoms with Crippen LogP contribution in [0.5, 0.6) is 0 Å². The molecule has 18 heavy (non-hydrogen) atoms. The maximum Gasteiger partial charge on any atom is -0.0292 e. The van der Waals surface area contributed by atoms with E-state index in [0.717, 1.165) is 23.7 Å². The van der Waals surface area contributed by atoms with Crippen molar-refractivity contribution in [3.63, 3.8) is 0 Å². The van der Waals surface area contributed by atoms with Crippen molar-refractivity contribution >= 4 is 0 Å². The lowest BCUT2D eigenvalue weighted by molar-refractivity contribution is -0.00858. The van der Waals surface area contributed by atoms with Crippen LogP contribution in [0.25, 0.3) is 0 Å². The smallest absolute Gasteiger partial charge is 0.0292 e. The Hall–Kier alpha value is -0.260. The Balaban J connectivity index is 2.24. The highest BCUT2D eigenvalue weighted by Crippen LogP contribution is 2.56. The van der Waals surface area contributed by atoms with Gasteiger partial charge in [-0.25, -0.2) is 0 Å². The molecule has 0 radical (unpaired) electrons. The number of hydrogen-bond donors (Lipinski definition) is 0. The molecule has 2 fully saturated rings. The van der Waals surface area contributed by atoms with E-state index in [1.165, 1.54) is 31.3 Å². The van der Waals surface area contributed by atoms with Crippen LogP contribution in [-0.4, -0.2) is 0 Å². The van der Waals surface area contributed by atoms with Gasteiger partial charge in [-0.15, -0.1) is 0 Å². The number of rotatable bonds is 0. The molecule has 0 bridgehead atoms. The van der Waals surface area contributed by atoms with Crippen LogP contribution in [0.1, 0.15) is 67.2 Å². The number of allylic oxidation sites excluding steroid dienone is 1. The van der Waals surface area contributed by atoms with Gasteiger partial charge in [0.05, 0.1) is 0 Å². The van der Waals surface area contributed by atoms with Gasteiger partial charge in [0.2, 0.25) is 0 Å². The lowest BCUT2D eigenvalue weighted by atomic mass is 9.55. The van der Waals surface area contributed by atoms with Crippen LogP contribution in [0.2, 0.25) is 0 Å². The van der Waals surface area contributed by atoms with Crippen molar-refractivity contribution in [2.24, 2.45) is 34.5 Å². The summed E-state index contributed by atoms with van der Waals surface area (Å²) in [7, 11) is 0. The first-order chi connectivity index (χ1) is 8.09. The quantitative estimate of drug-likeness (QED) is 0.483. The Morgan fingerprint density at radius 1 is 0.778 bits per heavy atom. The van der Waals surface area contributed by atoms with Crippen molar-refractivity contribution in [2.75, 3.05) is 0 Å². The van der Waals surface area contributed by atoms with Gasteiger partial charge in [-0.05, 0) is 60.2 Å². The van der Waals surface area contributed by atoms with Gasteiger partial charge in [0.25, 0.3) is 0 Å². The molecule has 0 spiro atoms. The molecule has 4 unspecified atom stereocenters. The second kappa shape index (κ2) is 4.39. The van der Waals surface area contributed by atoms with E-state index in [-0.39, 0.29) is 0 Å². The SMILES string of the molecule is C=C1CC2CC(C(C)(C)C)C(C(C)(C)C)CC2C1. The first kappa shape index (κ1) is 14.2. The molecule has 0 nitrogen and oxygen atoms in total. The van der Waals surface area contributed by atoms with Crippen molar-refractivity contribution in [3.05, 3.63) is 12.2 Å². The average Bonchev–Trinajstić information content (AvgIpc) is 2.52. The molecule has 2 saturated carbocycles. The monoisotopic (exact) mass is 248 g/mol. The molecule has 0 aromatic rings. The largest absolute Gasteiger partial charge is 0.0998 e. The molecule has 0 aromatic heterocycles. The minimum absolute atomic E-state index is 0.451.